The van der Waals surface area contributed by atoms with Crippen LogP contribution in [0.25, 0.3) is 5.70 Å². The number of hydrazine groups is 1. The number of rotatable bonds is 5. The first-order valence-electron chi connectivity index (χ1n) is 5.61. The minimum absolute atomic E-state index is 0.0324. The van der Waals surface area contributed by atoms with Crippen LogP contribution in [0.15, 0.2) is 48.4 Å². The van der Waals surface area contributed by atoms with Crippen molar-refractivity contribution in [2.75, 3.05) is 0 Å². The Kier molecular flexibility index (Phi) is 4.11. The number of nitrogens with one attached hydrogen (secondary N) is 2. The van der Waals surface area contributed by atoms with Gasteiger partial charge in [-0.3, -0.25) is 25.8 Å². The fourth-order valence-electron chi connectivity index (χ4n) is 1.48. The fourth-order valence-corrected chi connectivity index (χ4v) is 2.10. The Morgan fingerprint density at radius 3 is 2.70 bits per heavy atom. The van der Waals surface area contributed by atoms with Gasteiger partial charge in [-0.1, -0.05) is 24.8 Å². The molecule has 6 nitrogen and oxygen atoms in total. The second kappa shape index (κ2) is 5.98. The maximum Gasteiger partial charge on any atom is 0.279 e. The maximum atomic E-state index is 11.7. The highest BCUT2D eigenvalue weighted by Gasteiger charge is 2.09. The molecule has 20 heavy (non-hydrogen) atoms. The molecule has 0 spiro atoms. The van der Waals surface area contributed by atoms with Crippen LogP contribution < -0.4 is 10.9 Å². The Bertz CT molecular complexity index is 653. The Hall–Kier alpha value is -2.67. The van der Waals surface area contributed by atoms with Crippen molar-refractivity contribution in [3.05, 3.63) is 68.9 Å². The molecule has 0 radical (unpaired) electrons. The third-order valence-electron chi connectivity index (χ3n) is 2.48. The molecular weight excluding hydrogens is 278 g/mol. The predicted molar refractivity (Wildman–Crippen MR) is 77.1 cm³/mol. The Labute approximate surface area is 118 Å². The van der Waals surface area contributed by atoms with Crippen LogP contribution in [0.1, 0.15) is 15.2 Å². The fraction of sp³-hybridized carbons (Fsp3) is 0. The minimum Gasteiger partial charge on any atom is -0.298 e. The van der Waals surface area contributed by atoms with Gasteiger partial charge in [-0.25, -0.2) is 0 Å². The second-order valence-electron chi connectivity index (χ2n) is 3.84. The number of nitro groups is 1. The lowest BCUT2D eigenvalue weighted by Gasteiger charge is -2.10. The first-order valence-corrected chi connectivity index (χ1v) is 6.49. The van der Waals surface area contributed by atoms with Gasteiger partial charge in [0.05, 0.1) is 15.5 Å². The van der Waals surface area contributed by atoms with Gasteiger partial charge in [0.2, 0.25) is 0 Å². The molecule has 2 rings (SSSR count). The average molecular weight is 289 g/mol. The van der Waals surface area contributed by atoms with Crippen molar-refractivity contribution in [1.29, 1.82) is 0 Å². The molecule has 2 N–H and O–H groups in total. The smallest absolute Gasteiger partial charge is 0.279 e. The topological polar surface area (TPSA) is 84.3 Å². The van der Waals surface area contributed by atoms with Crippen molar-refractivity contribution in [3.63, 3.8) is 0 Å². The Balaban J connectivity index is 2.00. The van der Waals surface area contributed by atoms with Crippen molar-refractivity contribution in [3.8, 4) is 0 Å². The summed E-state index contributed by atoms with van der Waals surface area (Å²) >= 11 is 1.31. The van der Waals surface area contributed by atoms with Crippen molar-refractivity contribution < 1.29 is 9.72 Å². The van der Waals surface area contributed by atoms with E-state index in [0.717, 1.165) is 0 Å². The Morgan fingerprint density at radius 2 is 2.05 bits per heavy atom. The Morgan fingerprint density at radius 1 is 1.25 bits per heavy atom. The summed E-state index contributed by atoms with van der Waals surface area (Å²) in [6.07, 6.45) is 0. The second-order valence-corrected chi connectivity index (χ2v) is 4.79. The van der Waals surface area contributed by atoms with Crippen molar-refractivity contribution in [1.82, 2.24) is 10.9 Å². The number of carbonyl (C=O) groups excluding carboxylic acids is 1. The quantitative estimate of drug-likeness (QED) is 0.654. The summed E-state index contributed by atoms with van der Waals surface area (Å²) in [4.78, 5) is 22.5. The first-order chi connectivity index (χ1) is 9.58. The van der Waals surface area contributed by atoms with Gasteiger partial charge in [0.15, 0.2) is 0 Å². The molecule has 0 aliphatic carbocycles. The van der Waals surface area contributed by atoms with Gasteiger partial charge >= 0.3 is 0 Å². The summed E-state index contributed by atoms with van der Waals surface area (Å²) in [5.74, 6) is -0.286. The van der Waals surface area contributed by atoms with Gasteiger partial charge in [0.1, 0.15) is 0 Å². The summed E-state index contributed by atoms with van der Waals surface area (Å²) < 4.78 is 0. The van der Waals surface area contributed by atoms with Gasteiger partial charge in [-0.15, -0.1) is 11.3 Å². The van der Waals surface area contributed by atoms with Gasteiger partial charge in [0, 0.05) is 17.7 Å². The zero-order valence-corrected chi connectivity index (χ0v) is 11.1. The molecule has 0 fully saturated rings. The number of thiophene rings is 1. The van der Waals surface area contributed by atoms with Crippen LogP contribution in [0, 0.1) is 10.1 Å². The monoisotopic (exact) mass is 289 g/mol. The molecule has 1 heterocycles. The molecule has 102 valence electrons. The number of nitrogens with zero attached hydrogens (tertiary/aromatic N) is 1. The van der Waals surface area contributed by atoms with Crippen LogP contribution in [-0.4, -0.2) is 10.8 Å². The summed E-state index contributed by atoms with van der Waals surface area (Å²) in [6, 6.07) is 9.46. The lowest BCUT2D eigenvalue weighted by Crippen LogP contribution is -2.35. The minimum atomic E-state index is -0.485. The van der Waals surface area contributed by atoms with Crippen molar-refractivity contribution >= 4 is 28.6 Å². The molecule has 1 aromatic heterocycles. The number of amides is 1. The van der Waals surface area contributed by atoms with Gasteiger partial charge < -0.3 is 0 Å². The number of carbonyl (C=O) groups is 1. The highest BCUT2D eigenvalue weighted by molar-refractivity contribution is 7.12. The molecule has 0 saturated carbocycles. The summed E-state index contributed by atoms with van der Waals surface area (Å²) in [7, 11) is 0. The summed E-state index contributed by atoms with van der Waals surface area (Å²) in [5.41, 5.74) is 6.00. The van der Waals surface area contributed by atoms with E-state index in [9.17, 15) is 14.9 Å². The summed E-state index contributed by atoms with van der Waals surface area (Å²) in [5, 5.41) is 12.5. The number of nitro benzene ring substituents is 1. The molecule has 1 amide bonds. The third kappa shape index (κ3) is 3.21. The van der Waals surface area contributed by atoms with Crippen LogP contribution >= 0.6 is 11.3 Å². The van der Waals surface area contributed by atoms with Gasteiger partial charge in [-0.2, -0.15) is 0 Å². The molecule has 2 aromatic rings. The van der Waals surface area contributed by atoms with E-state index in [-0.39, 0.29) is 11.6 Å². The zero-order chi connectivity index (χ0) is 14.5. The highest BCUT2D eigenvalue weighted by atomic mass is 32.1. The van der Waals surface area contributed by atoms with Crippen LogP contribution in [0.2, 0.25) is 0 Å². The highest BCUT2D eigenvalue weighted by Crippen LogP contribution is 2.17. The number of non-ortho nitro benzene ring substituents is 1. The molecule has 0 unspecified atom stereocenters. The molecule has 0 aliphatic heterocycles. The largest absolute Gasteiger partial charge is 0.298 e. The molecule has 0 aliphatic rings. The van der Waals surface area contributed by atoms with E-state index in [2.05, 4.69) is 17.4 Å². The van der Waals surface area contributed by atoms with E-state index in [4.69, 9.17) is 0 Å². The molecule has 7 heteroatoms. The SMILES string of the molecule is C=C(NNC(=O)c1cccs1)c1cccc([N+](=O)[O-])c1. The molecule has 1 aromatic carbocycles. The standard InChI is InChI=1S/C13H11N3O3S/c1-9(10-4-2-5-11(8-10)16(18)19)14-15-13(17)12-6-3-7-20-12/h2-8,14H,1H2,(H,15,17). The van der Waals surface area contributed by atoms with E-state index < -0.39 is 4.92 Å². The lowest BCUT2D eigenvalue weighted by molar-refractivity contribution is -0.384. The summed E-state index contributed by atoms with van der Waals surface area (Å²) in [6.45, 7) is 3.73. The van der Waals surface area contributed by atoms with Gasteiger partial charge in [0.25, 0.3) is 11.6 Å². The van der Waals surface area contributed by atoms with Gasteiger partial charge in [-0.05, 0) is 11.4 Å². The predicted octanol–water partition coefficient (Wildman–Crippen LogP) is 2.56. The lowest BCUT2D eigenvalue weighted by atomic mass is 10.1. The van der Waals surface area contributed by atoms with E-state index in [0.29, 0.717) is 16.1 Å². The van der Waals surface area contributed by atoms with Crippen LogP contribution in [-0.2, 0) is 0 Å². The average Bonchev–Trinajstić information content (AvgIpc) is 2.98. The van der Waals surface area contributed by atoms with Crippen molar-refractivity contribution in [2.45, 2.75) is 0 Å². The number of benzene rings is 1. The van der Waals surface area contributed by atoms with E-state index in [1.807, 2.05) is 0 Å². The number of hydrogen-bond donors (Lipinski definition) is 2. The third-order valence-corrected chi connectivity index (χ3v) is 3.35. The van der Waals surface area contributed by atoms with E-state index >= 15 is 0 Å². The van der Waals surface area contributed by atoms with E-state index in [1.165, 1.54) is 23.5 Å². The zero-order valence-electron chi connectivity index (χ0n) is 10.3. The van der Waals surface area contributed by atoms with Crippen LogP contribution in [0.4, 0.5) is 5.69 Å². The van der Waals surface area contributed by atoms with E-state index in [1.54, 1.807) is 29.6 Å². The van der Waals surface area contributed by atoms with Crippen LogP contribution in [0.5, 0.6) is 0 Å². The maximum absolute atomic E-state index is 11.7. The normalized spacial score (nSPS) is 9.80. The van der Waals surface area contributed by atoms with Crippen LogP contribution in [0.3, 0.4) is 0 Å². The number of hydrogen-bond acceptors (Lipinski definition) is 5. The molecule has 0 atom stereocenters. The van der Waals surface area contributed by atoms with Crippen molar-refractivity contribution in [2.24, 2.45) is 0 Å². The molecule has 0 bridgehead atoms. The first kappa shape index (κ1) is 13.8. The molecular formula is C13H11N3O3S. The molecule has 0 saturated heterocycles.